The van der Waals surface area contributed by atoms with Crippen LogP contribution in [0.5, 0.6) is 0 Å². The summed E-state index contributed by atoms with van der Waals surface area (Å²) in [5.41, 5.74) is 1.10. The molecule has 0 aliphatic heterocycles. The molecule has 5 rings (SSSR count). The van der Waals surface area contributed by atoms with Gasteiger partial charge in [0.1, 0.15) is 11.6 Å². The van der Waals surface area contributed by atoms with Gasteiger partial charge in [-0.1, -0.05) is 55.2 Å². The Labute approximate surface area is 209 Å². The van der Waals surface area contributed by atoms with E-state index >= 15 is 0 Å². The van der Waals surface area contributed by atoms with Crippen LogP contribution in [-0.2, 0) is 21.1 Å². The van der Waals surface area contributed by atoms with Gasteiger partial charge >= 0.3 is 26.9 Å². The van der Waals surface area contributed by atoms with E-state index in [4.69, 9.17) is 21.8 Å². The van der Waals surface area contributed by atoms with Crippen LogP contribution in [-0.4, -0.2) is 29.5 Å². The van der Waals surface area contributed by atoms with Crippen molar-refractivity contribution in [1.82, 2.24) is 29.5 Å². The summed E-state index contributed by atoms with van der Waals surface area (Å²) in [5, 5.41) is 17.4. The summed E-state index contributed by atoms with van der Waals surface area (Å²) in [7, 11) is 0. The minimum atomic E-state index is 0. The van der Waals surface area contributed by atoms with E-state index in [1.807, 2.05) is 65.6 Å². The summed E-state index contributed by atoms with van der Waals surface area (Å²) in [4.78, 5) is 14.7. The van der Waals surface area contributed by atoms with Crippen LogP contribution in [0, 0.1) is 30.3 Å². The van der Waals surface area contributed by atoms with Crippen molar-refractivity contribution in [3.8, 4) is 17.7 Å². The van der Waals surface area contributed by atoms with Gasteiger partial charge in [0.2, 0.25) is 0 Å². The van der Waals surface area contributed by atoms with Crippen molar-refractivity contribution in [3.63, 3.8) is 0 Å². The van der Waals surface area contributed by atoms with Crippen LogP contribution in [0.25, 0.3) is 16.5 Å². The van der Waals surface area contributed by atoms with Gasteiger partial charge in [0.05, 0.1) is 23.4 Å². The molecule has 0 atom stereocenters. The van der Waals surface area contributed by atoms with Gasteiger partial charge in [-0.15, -0.1) is 6.07 Å². The van der Waals surface area contributed by atoms with Crippen LogP contribution in [0.15, 0.2) is 78.9 Å². The van der Waals surface area contributed by atoms with Crippen molar-refractivity contribution in [2.24, 2.45) is 0 Å². The van der Waals surface area contributed by atoms with Gasteiger partial charge in [-0.2, -0.15) is 0 Å². The second-order valence-corrected chi connectivity index (χ2v) is 6.72. The van der Waals surface area contributed by atoms with Gasteiger partial charge in [0, 0.05) is 5.69 Å². The van der Waals surface area contributed by atoms with Gasteiger partial charge in [-0.05, 0) is 41.6 Å². The molecular formula is C24H13N9Pt. The molecular weight excluding hydrogens is 609 g/mol. The van der Waals surface area contributed by atoms with Gasteiger partial charge < -0.3 is 9.53 Å². The first-order valence-electron chi connectivity index (χ1n) is 9.78. The van der Waals surface area contributed by atoms with Crippen molar-refractivity contribution in [2.45, 2.75) is 0 Å². The van der Waals surface area contributed by atoms with E-state index in [0.717, 1.165) is 5.69 Å². The first-order chi connectivity index (χ1) is 16.2. The topological polar surface area (TPSA) is 92.8 Å². The van der Waals surface area contributed by atoms with Crippen molar-refractivity contribution >= 4 is 23.1 Å². The third-order valence-corrected chi connectivity index (χ3v) is 4.62. The molecule has 4 heterocycles. The number of hydrogen-bond donors (Lipinski definition) is 0. The van der Waals surface area contributed by atoms with E-state index in [1.54, 1.807) is 12.1 Å². The van der Waals surface area contributed by atoms with Crippen LogP contribution in [0.2, 0.25) is 0 Å². The first kappa shape index (κ1) is 22.6. The van der Waals surface area contributed by atoms with E-state index in [0.29, 0.717) is 23.3 Å². The summed E-state index contributed by atoms with van der Waals surface area (Å²) < 4.78 is 2.87. The SMILES string of the molecule is [C-]#[N+]c1c[c-]n(-c2cccc(N(c3ccccc3)c3cccc(-n4[c-]cc(C#N)n4)n3)n2)n1.[Pt+2]. The molecule has 0 N–H and O–H groups in total. The number of rotatable bonds is 5. The van der Waals surface area contributed by atoms with Crippen LogP contribution >= 0.6 is 0 Å². The number of pyridine rings is 2. The monoisotopic (exact) mass is 622 g/mol. The molecule has 0 spiro atoms. The normalized spacial score (nSPS) is 10.1. The van der Waals surface area contributed by atoms with Gasteiger partial charge in [0.25, 0.3) is 0 Å². The Hall–Kier alpha value is -4.59. The molecule has 0 aliphatic carbocycles. The average molecular weight is 623 g/mol. The quantitative estimate of drug-likeness (QED) is 0.271. The summed E-state index contributed by atoms with van der Waals surface area (Å²) in [6.45, 7) is 7.12. The minimum absolute atomic E-state index is 0. The van der Waals surface area contributed by atoms with E-state index in [9.17, 15) is 0 Å². The van der Waals surface area contributed by atoms with Crippen molar-refractivity contribution in [1.29, 1.82) is 5.26 Å². The van der Waals surface area contributed by atoms with E-state index in [2.05, 4.69) is 27.4 Å². The fourth-order valence-corrected chi connectivity index (χ4v) is 3.18. The standard InChI is InChI=1S/C24H13N9.Pt/c1-26-20-14-16-32(30-20)22-10-6-12-24(28-22)33(19-7-3-2-4-8-19)23-11-5-9-21(27-23)31-15-13-18(17-25)29-31;/h2-14H;/q-2;+2. The maximum atomic E-state index is 9.07. The number of hydrogen-bond acceptors (Lipinski definition) is 6. The zero-order chi connectivity index (χ0) is 22.6. The van der Waals surface area contributed by atoms with E-state index in [1.165, 1.54) is 21.5 Å². The number of nitriles is 1. The van der Waals surface area contributed by atoms with Crippen LogP contribution in [0.1, 0.15) is 5.69 Å². The molecule has 164 valence electrons. The largest absolute Gasteiger partial charge is 2.00 e. The smallest absolute Gasteiger partial charge is 0.342 e. The summed E-state index contributed by atoms with van der Waals surface area (Å²) in [5.74, 6) is 2.45. The zero-order valence-electron chi connectivity index (χ0n) is 17.3. The van der Waals surface area contributed by atoms with Crippen molar-refractivity contribution < 1.29 is 21.1 Å². The number of nitrogens with zero attached hydrogens (tertiary/aromatic N) is 9. The third-order valence-electron chi connectivity index (χ3n) is 4.62. The van der Waals surface area contributed by atoms with E-state index < -0.39 is 0 Å². The number of benzene rings is 1. The van der Waals surface area contributed by atoms with E-state index in [-0.39, 0.29) is 32.6 Å². The van der Waals surface area contributed by atoms with Crippen LogP contribution < -0.4 is 4.90 Å². The molecule has 0 radical (unpaired) electrons. The van der Waals surface area contributed by atoms with Gasteiger partial charge in [-0.3, -0.25) is 14.9 Å². The van der Waals surface area contributed by atoms with Crippen molar-refractivity contribution in [2.75, 3.05) is 4.90 Å². The first-order valence-corrected chi connectivity index (χ1v) is 9.78. The molecule has 0 bridgehead atoms. The average Bonchev–Trinajstić information content (AvgIpc) is 3.55. The fourth-order valence-electron chi connectivity index (χ4n) is 3.18. The molecule has 5 aromatic rings. The number of para-hydroxylation sites is 1. The summed E-state index contributed by atoms with van der Waals surface area (Å²) in [6.07, 6.45) is 5.81. The number of aromatic nitrogens is 6. The van der Waals surface area contributed by atoms with Gasteiger partial charge in [-0.25, -0.2) is 15.0 Å². The summed E-state index contributed by atoms with van der Waals surface area (Å²) >= 11 is 0. The maximum absolute atomic E-state index is 9.07. The molecule has 0 unspecified atom stereocenters. The third kappa shape index (κ3) is 4.47. The Kier molecular flexibility index (Phi) is 6.59. The summed E-state index contributed by atoms with van der Waals surface area (Å²) in [6, 6.07) is 25.7. The number of anilines is 3. The molecule has 4 aromatic heterocycles. The predicted octanol–water partition coefficient (Wildman–Crippen LogP) is 4.34. The molecule has 1 aromatic carbocycles. The Morgan fingerprint density at radius 1 is 0.824 bits per heavy atom. The second-order valence-electron chi connectivity index (χ2n) is 6.72. The Bertz CT molecular complexity index is 1410. The molecule has 10 heteroatoms. The maximum Gasteiger partial charge on any atom is 2.00 e. The molecule has 0 fully saturated rings. The fraction of sp³-hybridized carbons (Fsp3) is 0. The zero-order valence-corrected chi connectivity index (χ0v) is 19.6. The molecule has 0 aliphatic rings. The molecule has 9 nitrogen and oxygen atoms in total. The Morgan fingerprint density at radius 2 is 1.44 bits per heavy atom. The Balaban J connectivity index is 0.00000274. The molecule has 34 heavy (non-hydrogen) atoms. The van der Waals surface area contributed by atoms with Gasteiger partial charge in [0.15, 0.2) is 0 Å². The molecule has 0 amide bonds. The Morgan fingerprint density at radius 3 is 2.00 bits per heavy atom. The van der Waals surface area contributed by atoms with Crippen LogP contribution in [0.4, 0.5) is 23.1 Å². The van der Waals surface area contributed by atoms with Crippen molar-refractivity contribution in [3.05, 3.63) is 108 Å². The molecule has 0 saturated carbocycles. The molecule has 0 saturated heterocycles. The predicted molar refractivity (Wildman–Crippen MR) is 120 cm³/mol. The second kappa shape index (κ2) is 9.91. The van der Waals surface area contributed by atoms with Crippen LogP contribution in [0.3, 0.4) is 0 Å². The minimum Gasteiger partial charge on any atom is -0.342 e.